The lowest BCUT2D eigenvalue weighted by molar-refractivity contribution is 0.338. The molecule has 0 fully saturated rings. The summed E-state index contributed by atoms with van der Waals surface area (Å²) in [6, 6.07) is 7.24. The molecule has 1 heterocycles. The molecule has 21 heavy (non-hydrogen) atoms. The molecule has 0 saturated heterocycles. The molecule has 0 atom stereocenters. The summed E-state index contributed by atoms with van der Waals surface area (Å²) in [5, 5.41) is 0.291. The quantitative estimate of drug-likeness (QED) is 0.820. The van der Waals surface area contributed by atoms with Gasteiger partial charge in [0.15, 0.2) is 15.6 Å². The van der Waals surface area contributed by atoms with E-state index in [1.165, 1.54) is 0 Å². The summed E-state index contributed by atoms with van der Waals surface area (Å²) in [6.07, 6.45) is 0. The maximum atomic E-state index is 11.8. The fourth-order valence-corrected chi connectivity index (χ4v) is 2.74. The number of para-hydroxylation sites is 1. The number of fused-ring (bicyclic) bond motifs is 1. The van der Waals surface area contributed by atoms with Crippen molar-refractivity contribution in [1.29, 1.82) is 0 Å². The van der Waals surface area contributed by atoms with Gasteiger partial charge in [0.05, 0.1) is 16.4 Å². The first kappa shape index (κ1) is 15.8. The number of sulfone groups is 1. The molecule has 0 aliphatic carbocycles. The van der Waals surface area contributed by atoms with Crippen LogP contribution in [-0.2, 0) is 9.84 Å². The average molecular weight is 327 g/mol. The minimum atomic E-state index is -3.16. The number of ether oxygens (including phenoxy) is 1. The zero-order valence-electron chi connectivity index (χ0n) is 11.8. The van der Waals surface area contributed by atoms with Crippen LogP contribution in [0, 0.1) is 0 Å². The molecule has 2 N–H and O–H groups in total. The van der Waals surface area contributed by atoms with Crippen LogP contribution in [0.3, 0.4) is 0 Å². The van der Waals surface area contributed by atoms with Crippen molar-refractivity contribution >= 4 is 38.0 Å². The molecule has 2 aromatic rings. The number of thiocarbonyl (C=S) groups is 1. The molecule has 0 aliphatic heterocycles. The van der Waals surface area contributed by atoms with Crippen LogP contribution in [0.25, 0.3) is 11.0 Å². The molecular weight excluding hydrogens is 310 g/mol. The van der Waals surface area contributed by atoms with Crippen LogP contribution in [0.2, 0.25) is 0 Å². The Balaban J connectivity index is 2.25. The Morgan fingerprint density at radius 3 is 2.67 bits per heavy atom. The first-order valence-corrected chi connectivity index (χ1v) is 8.61. The van der Waals surface area contributed by atoms with E-state index in [2.05, 4.69) is 0 Å². The molecular formula is C14H17NO4S2. The van der Waals surface area contributed by atoms with Crippen molar-refractivity contribution in [3.05, 3.63) is 30.0 Å². The smallest absolute Gasteiger partial charge is 0.204 e. The molecule has 5 nitrogen and oxygen atoms in total. The standard InChI is InChI=1S/C14H17NO4S2/c1-9(2)21(16,17)8-7-18-12-10-5-3-4-6-11(10)19-13(12)14(15)20/h3-6,9H,7-8H2,1-2H3,(H2,15,20). The lowest BCUT2D eigenvalue weighted by Gasteiger charge is -2.09. The molecule has 0 amide bonds. The second kappa shape index (κ2) is 6.03. The summed E-state index contributed by atoms with van der Waals surface area (Å²) in [4.78, 5) is 0.0768. The number of hydrogen-bond acceptors (Lipinski definition) is 5. The van der Waals surface area contributed by atoms with Crippen molar-refractivity contribution in [2.75, 3.05) is 12.4 Å². The summed E-state index contributed by atoms with van der Waals surface area (Å²) in [6.45, 7) is 3.31. The van der Waals surface area contributed by atoms with Crippen molar-refractivity contribution in [3.63, 3.8) is 0 Å². The zero-order chi connectivity index (χ0) is 15.6. The van der Waals surface area contributed by atoms with E-state index < -0.39 is 15.1 Å². The molecule has 1 aromatic carbocycles. The highest BCUT2D eigenvalue weighted by Gasteiger charge is 2.20. The van der Waals surface area contributed by atoms with Gasteiger partial charge >= 0.3 is 0 Å². The van der Waals surface area contributed by atoms with E-state index in [4.69, 9.17) is 27.1 Å². The number of furan rings is 1. The molecule has 0 aliphatic rings. The monoisotopic (exact) mass is 327 g/mol. The highest BCUT2D eigenvalue weighted by molar-refractivity contribution is 7.92. The van der Waals surface area contributed by atoms with Crippen LogP contribution in [0.15, 0.2) is 28.7 Å². The highest BCUT2D eigenvalue weighted by Crippen LogP contribution is 2.33. The zero-order valence-corrected chi connectivity index (χ0v) is 13.5. The SMILES string of the molecule is CC(C)S(=O)(=O)CCOc1c(C(N)=S)oc2ccccc12. The average Bonchev–Trinajstić information content (AvgIpc) is 2.78. The molecule has 1 aromatic heterocycles. The van der Waals surface area contributed by atoms with Crippen molar-refractivity contribution in [3.8, 4) is 5.75 Å². The molecule has 2 rings (SSSR count). The van der Waals surface area contributed by atoms with Gasteiger partial charge in [-0.1, -0.05) is 24.4 Å². The fourth-order valence-electron chi connectivity index (χ4n) is 1.82. The Labute approximate surface area is 129 Å². The lowest BCUT2D eigenvalue weighted by atomic mass is 10.2. The van der Waals surface area contributed by atoms with Crippen molar-refractivity contribution in [2.45, 2.75) is 19.1 Å². The van der Waals surface area contributed by atoms with Crippen LogP contribution in [0.4, 0.5) is 0 Å². The van der Waals surface area contributed by atoms with Crippen LogP contribution >= 0.6 is 12.2 Å². The van der Waals surface area contributed by atoms with Gasteiger partial charge in [-0.05, 0) is 26.0 Å². The molecule has 0 spiro atoms. The molecule has 0 saturated carbocycles. The largest absolute Gasteiger partial charge is 0.488 e. The van der Waals surface area contributed by atoms with Crippen molar-refractivity contribution in [1.82, 2.24) is 0 Å². The first-order valence-electron chi connectivity index (χ1n) is 6.48. The second-order valence-electron chi connectivity index (χ2n) is 4.88. The molecule has 114 valence electrons. The molecule has 0 unspecified atom stereocenters. The summed E-state index contributed by atoms with van der Waals surface area (Å²) >= 11 is 4.94. The van der Waals surface area contributed by atoms with E-state index >= 15 is 0 Å². The van der Waals surface area contributed by atoms with E-state index in [1.54, 1.807) is 19.9 Å². The predicted octanol–water partition coefficient (Wildman–Crippen LogP) is 2.27. The number of rotatable bonds is 6. The van der Waals surface area contributed by atoms with Gasteiger partial charge in [-0.2, -0.15) is 0 Å². The van der Waals surface area contributed by atoms with Crippen molar-refractivity contribution < 1.29 is 17.6 Å². The van der Waals surface area contributed by atoms with E-state index in [0.717, 1.165) is 5.39 Å². The summed E-state index contributed by atoms with van der Waals surface area (Å²) < 4.78 is 34.7. The highest BCUT2D eigenvalue weighted by atomic mass is 32.2. The normalized spacial score (nSPS) is 12.0. The van der Waals surface area contributed by atoms with Gasteiger partial charge in [-0.15, -0.1) is 0 Å². The molecule has 7 heteroatoms. The summed E-state index contributed by atoms with van der Waals surface area (Å²) in [7, 11) is -3.16. The van der Waals surface area contributed by atoms with Gasteiger partial charge in [-0.25, -0.2) is 8.42 Å². The van der Waals surface area contributed by atoms with Gasteiger partial charge in [0, 0.05) is 0 Å². The fraction of sp³-hybridized carbons (Fsp3) is 0.357. The lowest BCUT2D eigenvalue weighted by Crippen LogP contribution is -2.22. The Bertz CT molecular complexity index is 762. The Morgan fingerprint density at radius 2 is 2.05 bits per heavy atom. The van der Waals surface area contributed by atoms with Crippen LogP contribution in [0.5, 0.6) is 5.75 Å². The van der Waals surface area contributed by atoms with E-state index in [-0.39, 0.29) is 23.1 Å². The second-order valence-corrected chi connectivity index (χ2v) is 8.00. The Kier molecular flexibility index (Phi) is 4.53. The van der Waals surface area contributed by atoms with Gasteiger partial charge in [0.25, 0.3) is 0 Å². The van der Waals surface area contributed by atoms with Gasteiger partial charge in [0.1, 0.15) is 17.2 Å². The molecule has 0 radical (unpaired) electrons. The van der Waals surface area contributed by atoms with Gasteiger partial charge in [0.2, 0.25) is 5.76 Å². The first-order chi connectivity index (χ1) is 9.83. The van der Waals surface area contributed by atoms with Crippen LogP contribution in [-0.4, -0.2) is 31.0 Å². The van der Waals surface area contributed by atoms with Gasteiger partial charge < -0.3 is 14.9 Å². The Hall–Kier alpha value is -1.60. The topological polar surface area (TPSA) is 82.5 Å². The minimum absolute atomic E-state index is 0.0274. The van der Waals surface area contributed by atoms with Gasteiger partial charge in [-0.3, -0.25) is 0 Å². The molecule has 0 bridgehead atoms. The van der Waals surface area contributed by atoms with Crippen LogP contribution < -0.4 is 10.5 Å². The Morgan fingerprint density at radius 1 is 1.38 bits per heavy atom. The van der Waals surface area contributed by atoms with E-state index in [0.29, 0.717) is 11.3 Å². The third-order valence-corrected chi connectivity index (χ3v) is 5.46. The number of benzene rings is 1. The maximum Gasteiger partial charge on any atom is 0.204 e. The summed E-state index contributed by atoms with van der Waals surface area (Å²) in [5.74, 6) is 0.603. The van der Waals surface area contributed by atoms with Crippen molar-refractivity contribution in [2.24, 2.45) is 5.73 Å². The minimum Gasteiger partial charge on any atom is -0.488 e. The third-order valence-electron chi connectivity index (χ3n) is 3.11. The number of nitrogens with two attached hydrogens (primary N) is 1. The van der Waals surface area contributed by atoms with Crippen LogP contribution in [0.1, 0.15) is 19.6 Å². The third kappa shape index (κ3) is 3.36. The van der Waals surface area contributed by atoms with E-state index in [1.807, 2.05) is 18.2 Å². The van der Waals surface area contributed by atoms with E-state index in [9.17, 15) is 8.42 Å². The summed E-state index contributed by atoms with van der Waals surface area (Å²) in [5.41, 5.74) is 6.22. The number of hydrogen-bond donors (Lipinski definition) is 1. The maximum absolute atomic E-state index is 11.8. The predicted molar refractivity (Wildman–Crippen MR) is 86.5 cm³/mol.